The maximum Gasteiger partial charge on any atom is 0.254 e. The summed E-state index contributed by atoms with van der Waals surface area (Å²) in [4.78, 5) is 21.5. The molecule has 28 heavy (non-hydrogen) atoms. The average Bonchev–Trinajstić information content (AvgIpc) is 3.14. The Kier molecular flexibility index (Phi) is 4.75. The number of likely N-dealkylation sites (tertiary alicyclic amines) is 1. The van der Waals surface area contributed by atoms with E-state index in [0.717, 1.165) is 54.5 Å². The Labute approximate surface area is 162 Å². The van der Waals surface area contributed by atoms with Crippen molar-refractivity contribution < 1.29 is 13.6 Å². The van der Waals surface area contributed by atoms with Gasteiger partial charge in [-0.1, -0.05) is 0 Å². The number of aromatic nitrogens is 2. The molecule has 0 N–H and O–H groups in total. The molecule has 7 heteroatoms. The fraction of sp³-hybridized carbons (Fsp3) is 0.333. The summed E-state index contributed by atoms with van der Waals surface area (Å²) in [5, 5.41) is 0. The van der Waals surface area contributed by atoms with E-state index in [1.165, 1.54) is 0 Å². The number of carbonyl (C=O) groups is 1. The zero-order valence-electron chi connectivity index (χ0n) is 15.9. The quantitative estimate of drug-likeness (QED) is 0.684. The lowest BCUT2D eigenvalue weighted by atomic mass is 9.98. The summed E-state index contributed by atoms with van der Waals surface area (Å²) < 4.78 is 29.2. The molecule has 2 aromatic heterocycles. The van der Waals surface area contributed by atoms with Crippen LogP contribution in [0.4, 0.5) is 14.6 Å². The summed E-state index contributed by atoms with van der Waals surface area (Å²) in [5.41, 5.74) is 1.78. The Morgan fingerprint density at radius 3 is 2.64 bits per heavy atom. The summed E-state index contributed by atoms with van der Waals surface area (Å²) in [6, 6.07) is 6.65. The van der Waals surface area contributed by atoms with Gasteiger partial charge in [-0.2, -0.15) is 0 Å². The second kappa shape index (κ2) is 7.22. The van der Waals surface area contributed by atoms with Gasteiger partial charge in [0.15, 0.2) is 5.82 Å². The van der Waals surface area contributed by atoms with Gasteiger partial charge in [0.05, 0.1) is 17.3 Å². The van der Waals surface area contributed by atoms with Crippen molar-refractivity contribution in [1.82, 2.24) is 14.3 Å². The molecule has 0 aliphatic carbocycles. The normalized spacial score (nSPS) is 17.1. The molecule has 0 saturated carbocycles. The van der Waals surface area contributed by atoms with Gasteiger partial charge in [-0.05, 0) is 43.5 Å². The highest BCUT2D eigenvalue weighted by Gasteiger charge is 2.31. The van der Waals surface area contributed by atoms with Crippen molar-refractivity contribution in [2.24, 2.45) is 0 Å². The van der Waals surface area contributed by atoms with E-state index in [1.807, 2.05) is 47.9 Å². The van der Waals surface area contributed by atoms with Crippen LogP contribution in [0.3, 0.4) is 0 Å². The molecular weight excluding hydrogens is 362 g/mol. The summed E-state index contributed by atoms with van der Waals surface area (Å²) in [5.74, 6) is -1.06. The summed E-state index contributed by atoms with van der Waals surface area (Å²) in [7, 11) is 3.86. The van der Waals surface area contributed by atoms with Crippen LogP contribution in [0.15, 0.2) is 42.7 Å². The molecule has 3 aromatic rings. The van der Waals surface area contributed by atoms with Crippen molar-refractivity contribution >= 4 is 17.2 Å². The van der Waals surface area contributed by atoms with Crippen LogP contribution in [-0.4, -0.2) is 40.8 Å². The predicted molar refractivity (Wildman–Crippen MR) is 104 cm³/mol. The number of fused-ring (bicyclic) bond motifs is 1. The van der Waals surface area contributed by atoms with Gasteiger partial charge in [0.25, 0.3) is 5.91 Å². The molecule has 1 aliphatic rings. The van der Waals surface area contributed by atoms with Gasteiger partial charge in [0.2, 0.25) is 0 Å². The van der Waals surface area contributed by atoms with Crippen LogP contribution in [0.1, 0.15) is 41.4 Å². The van der Waals surface area contributed by atoms with Crippen LogP contribution in [0.2, 0.25) is 0 Å². The topological polar surface area (TPSA) is 40.9 Å². The van der Waals surface area contributed by atoms with Crippen molar-refractivity contribution in [1.29, 1.82) is 0 Å². The average molecular weight is 384 g/mol. The van der Waals surface area contributed by atoms with Crippen LogP contribution in [-0.2, 0) is 0 Å². The minimum absolute atomic E-state index is 0.0271. The maximum atomic E-state index is 13.6. The highest BCUT2D eigenvalue weighted by Crippen LogP contribution is 2.33. The lowest BCUT2D eigenvalue weighted by Crippen LogP contribution is -2.39. The second-order valence-electron chi connectivity index (χ2n) is 7.35. The van der Waals surface area contributed by atoms with Crippen molar-refractivity contribution in [3.05, 3.63) is 65.6 Å². The van der Waals surface area contributed by atoms with Crippen LogP contribution in [0.5, 0.6) is 0 Å². The largest absolute Gasteiger partial charge is 0.361 e. The van der Waals surface area contributed by atoms with Gasteiger partial charge in [-0.25, -0.2) is 13.8 Å². The first-order chi connectivity index (χ1) is 13.4. The summed E-state index contributed by atoms with van der Waals surface area (Å²) in [6.07, 6.45) is 6.46. The third-order valence-electron chi connectivity index (χ3n) is 5.15. The number of hydrogen-bond acceptors (Lipinski definition) is 3. The van der Waals surface area contributed by atoms with Gasteiger partial charge in [-0.3, -0.25) is 4.79 Å². The van der Waals surface area contributed by atoms with E-state index in [-0.39, 0.29) is 17.5 Å². The lowest BCUT2D eigenvalue weighted by molar-refractivity contribution is 0.0604. The number of halogens is 2. The van der Waals surface area contributed by atoms with Crippen LogP contribution >= 0.6 is 0 Å². The summed E-state index contributed by atoms with van der Waals surface area (Å²) in [6.45, 7) is 0.532. The molecule has 146 valence electrons. The molecule has 0 bridgehead atoms. The van der Waals surface area contributed by atoms with Crippen molar-refractivity contribution in [3.8, 4) is 0 Å². The summed E-state index contributed by atoms with van der Waals surface area (Å²) >= 11 is 0. The third-order valence-corrected chi connectivity index (χ3v) is 5.15. The maximum absolute atomic E-state index is 13.6. The van der Waals surface area contributed by atoms with E-state index >= 15 is 0 Å². The molecule has 0 radical (unpaired) electrons. The molecule has 1 atom stereocenters. The highest BCUT2D eigenvalue weighted by atomic mass is 19.1. The number of anilines is 1. The van der Waals surface area contributed by atoms with Crippen LogP contribution < -0.4 is 4.90 Å². The van der Waals surface area contributed by atoms with Crippen LogP contribution in [0.25, 0.3) is 5.52 Å². The molecule has 4 rings (SSSR count). The van der Waals surface area contributed by atoms with Gasteiger partial charge >= 0.3 is 0 Å². The number of nitrogens with zero attached hydrogens (tertiary/aromatic N) is 4. The standard InChI is InChI=1S/C21H22F2N4O/c1-25(2)20-19-7-5-8-26(19)13-17(24-20)18-6-3-4-9-27(18)21(28)14-10-15(22)12-16(23)11-14/h5,7-8,10-13,18H,3-4,6,9H2,1-2H3/t18-/m1/s1. The smallest absolute Gasteiger partial charge is 0.254 e. The van der Waals surface area contributed by atoms with E-state index in [0.29, 0.717) is 6.54 Å². The fourth-order valence-corrected chi connectivity index (χ4v) is 3.86. The SMILES string of the molecule is CN(C)c1nc([C@H]2CCCCN2C(=O)c2cc(F)cc(F)c2)cn2cccc12. The molecule has 1 saturated heterocycles. The van der Waals surface area contributed by atoms with Crippen LogP contribution in [0, 0.1) is 11.6 Å². The number of rotatable bonds is 3. The molecule has 1 aromatic carbocycles. The van der Waals surface area contributed by atoms with E-state index in [2.05, 4.69) is 0 Å². The number of amides is 1. The first-order valence-electron chi connectivity index (χ1n) is 9.36. The Bertz CT molecular complexity index is 1010. The number of benzene rings is 1. The van der Waals surface area contributed by atoms with Crippen molar-refractivity contribution in [3.63, 3.8) is 0 Å². The first-order valence-corrected chi connectivity index (χ1v) is 9.36. The van der Waals surface area contributed by atoms with E-state index in [9.17, 15) is 13.6 Å². The third kappa shape index (κ3) is 3.32. The Morgan fingerprint density at radius 1 is 1.18 bits per heavy atom. The van der Waals surface area contributed by atoms with Crippen molar-refractivity contribution in [2.75, 3.05) is 25.5 Å². The molecule has 0 spiro atoms. The Morgan fingerprint density at radius 2 is 1.93 bits per heavy atom. The van der Waals surface area contributed by atoms with E-state index < -0.39 is 11.6 Å². The molecule has 1 amide bonds. The molecule has 0 unspecified atom stereocenters. The lowest BCUT2D eigenvalue weighted by Gasteiger charge is -2.36. The van der Waals surface area contributed by atoms with Gasteiger partial charge in [0, 0.05) is 44.7 Å². The van der Waals surface area contributed by atoms with Gasteiger partial charge in [0.1, 0.15) is 11.6 Å². The molecule has 3 heterocycles. The monoisotopic (exact) mass is 384 g/mol. The molecule has 1 aliphatic heterocycles. The minimum Gasteiger partial charge on any atom is -0.361 e. The molecular formula is C21H22F2N4O. The second-order valence-corrected chi connectivity index (χ2v) is 7.35. The Balaban J connectivity index is 1.75. The van der Waals surface area contributed by atoms with E-state index in [1.54, 1.807) is 4.90 Å². The zero-order chi connectivity index (χ0) is 19.8. The fourth-order valence-electron chi connectivity index (χ4n) is 3.86. The van der Waals surface area contributed by atoms with Gasteiger partial charge < -0.3 is 14.2 Å². The Hall–Kier alpha value is -2.96. The number of piperidine rings is 1. The van der Waals surface area contributed by atoms with E-state index in [4.69, 9.17) is 4.98 Å². The number of carbonyl (C=O) groups excluding carboxylic acids is 1. The zero-order valence-corrected chi connectivity index (χ0v) is 15.9. The van der Waals surface area contributed by atoms with Gasteiger partial charge in [-0.15, -0.1) is 0 Å². The van der Waals surface area contributed by atoms with Crippen molar-refractivity contribution in [2.45, 2.75) is 25.3 Å². The predicted octanol–water partition coefficient (Wildman–Crippen LogP) is 4.05. The number of hydrogen-bond donors (Lipinski definition) is 0. The molecule has 5 nitrogen and oxygen atoms in total. The minimum atomic E-state index is -0.751. The first kappa shape index (κ1) is 18.4. The highest BCUT2D eigenvalue weighted by molar-refractivity contribution is 5.94. The molecule has 1 fully saturated rings.